The summed E-state index contributed by atoms with van der Waals surface area (Å²) in [4.78, 5) is 29.7. The van der Waals surface area contributed by atoms with E-state index in [-0.39, 0.29) is 28.5 Å². The number of aliphatic hydroxyl groups is 1. The average molecular weight is 505 g/mol. The zero-order valence-corrected chi connectivity index (χ0v) is 21.3. The van der Waals surface area contributed by atoms with Gasteiger partial charge in [0.1, 0.15) is 11.5 Å². The molecule has 10 heteroatoms. The number of likely N-dealkylation sites (tertiary alicyclic amines) is 1. The molecule has 0 aromatic heterocycles. The Morgan fingerprint density at radius 2 is 1.57 bits per heavy atom. The van der Waals surface area contributed by atoms with E-state index in [1.807, 2.05) is 19.0 Å². The largest absolute Gasteiger partial charge is 0.507 e. The molecule has 2 aromatic carbocycles. The number of benzene rings is 2. The number of rotatable bonds is 9. The Bertz CT molecular complexity index is 1140. The SMILES string of the molecule is COc1ccc(/C(O)=C2\C(=O)C(=O)N(CCN(C)C)[C@@H]2c2cc(OC)c(OC)c(OC)c2)cc1Cl. The van der Waals surface area contributed by atoms with Gasteiger partial charge < -0.3 is 33.9 Å². The molecule has 1 fully saturated rings. The van der Waals surface area contributed by atoms with E-state index in [9.17, 15) is 14.7 Å². The Morgan fingerprint density at radius 1 is 0.971 bits per heavy atom. The third kappa shape index (κ3) is 5.01. The number of ether oxygens (including phenoxy) is 4. The lowest BCUT2D eigenvalue weighted by Crippen LogP contribution is -2.35. The van der Waals surface area contributed by atoms with Crippen LogP contribution in [0.3, 0.4) is 0 Å². The molecule has 0 unspecified atom stereocenters. The predicted molar refractivity (Wildman–Crippen MR) is 132 cm³/mol. The van der Waals surface area contributed by atoms with Gasteiger partial charge in [0.05, 0.1) is 45.1 Å². The number of carbonyl (C=O) groups excluding carboxylic acids is 2. The van der Waals surface area contributed by atoms with Gasteiger partial charge in [0.15, 0.2) is 11.5 Å². The maximum absolute atomic E-state index is 13.2. The van der Waals surface area contributed by atoms with Gasteiger partial charge >= 0.3 is 0 Å². The molecule has 0 bridgehead atoms. The van der Waals surface area contributed by atoms with Crippen molar-refractivity contribution in [2.24, 2.45) is 0 Å². The highest BCUT2D eigenvalue weighted by molar-refractivity contribution is 6.46. The molecular weight excluding hydrogens is 476 g/mol. The summed E-state index contributed by atoms with van der Waals surface area (Å²) in [5.41, 5.74) is 0.724. The Balaban J connectivity index is 2.26. The van der Waals surface area contributed by atoms with E-state index in [0.717, 1.165) is 0 Å². The maximum Gasteiger partial charge on any atom is 0.295 e. The lowest BCUT2D eigenvalue weighted by Gasteiger charge is -2.27. The van der Waals surface area contributed by atoms with Crippen molar-refractivity contribution in [3.63, 3.8) is 0 Å². The van der Waals surface area contributed by atoms with Crippen LogP contribution in [0.5, 0.6) is 23.0 Å². The first-order valence-corrected chi connectivity index (χ1v) is 11.1. The van der Waals surface area contributed by atoms with Gasteiger partial charge in [-0.05, 0) is 50.0 Å². The van der Waals surface area contributed by atoms with Crippen LogP contribution < -0.4 is 18.9 Å². The summed E-state index contributed by atoms with van der Waals surface area (Å²) >= 11 is 6.25. The van der Waals surface area contributed by atoms with Crippen molar-refractivity contribution in [3.8, 4) is 23.0 Å². The molecular formula is C25H29ClN2O7. The molecule has 0 saturated carbocycles. The highest BCUT2D eigenvalue weighted by atomic mass is 35.5. The van der Waals surface area contributed by atoms with Crippen molar-refractivity contribution in [2.45, 2.75) is 6.04 Å². The standard InChI is InChI=1S/C25H29ClN2O7/c1-27(2)9-10-28-21(15-12-18(33-4)24(35-6)19(13-15)34-5)20(23(30)25(28)31)22(29)14-7-8-17(32-3)16(26)11-14/h7-8,11-13,21,29H,9-10H2,1-6H3/b22-20+/t21-/m1/s1. The van der Waals surface area contributed by atoms with E-state index in [2.05, 4.69) is 0 Å². The summed E-state index contributed by atoms with van der Waals surface area (Å²) < 4.78 is 21.5. The van der Waals surface area contributed by atoms with Crippen LogP contribution in [0.1, 0.15) is 17.2 Å². The molecule has 3 rings (SSSR count). The minimum Gasteiger partial charge on any atom is -0.507 e. The molecule has 1 aliphatic rings. The topological polar surface area (TPSA) is 97.8 Å². The van der Waals surface area contributed by atoms with E-state index < -0.39 is 17.7 Å². The van der Waals surface area contributed by atoms with Crippen LogP contribution >= 0.6 is 11.6 Å². The van der Waals surface area contributed by atoms with E-state index in [0.29, 0.717) is 35.1 Å². The number of methoxy groups -OCH3 is 4. The fourth-order valence-corrected chi connectivity index (χ4v) is 4.25. The number of hydrogen-bond acceptors (Lipinski definition) is 8. The lowest BCUT2D eigenvalue weighted by atomic mass is 9.94. The van der Waals surface area contributed by atoms with Crippen LogP contribution in [-0.4, -0.2) is 82.2 Å². The molecule has 35 heavy (non-hydrogen) atoms. The van der Waals surface area contributed by atoms with Crippen molar-refractivity contribution in [1.82, 2.24) is 9.80 Å². The normalized spacial score (nSPS) is 17.1. The summed E-state index contributed by atoms with van der Waals surface area (Å²) in [6.07, 6.45) is 0. The van der Waals surface area contributed by atoms with Crippen LogP contribution in [-0.2, 0) is 9.59 Å². The first-order chi connectivity index (χ1) is 16.7. The van der Waals surface area contributed by atoms with Crippen molar-refractivity contribution in [3.05, 3.63) is 52.1 Å². The van der Waals surface area contributed by atoms with Crippen LogP contribution in [0.15, 0.2) is 35.9 Å². The number of halogens is 1. The summed E-state index contributed by atoms with van der Waals surface area (Å²) in [5, 5.41) is 11.5. The van der Waals surface area contributed by atoms with Crippen molar-refractivity contribution in [1.29, 1.82) is 0 Å². The Labute approximate surface area is 209 Å². The monoisotopic (exact) mass is 504 g/mol. The minimum absolute atomic E-state index is 0.0655. The van der Waals surface area contributed by atoms with Gasteiger partial charge in [-0.25, -0.2) is 0 Å². The average Bonchev–Trinajstić information content (AvgIpc) is 3.10. The van der Waals surface area contributed by atoms with Crippen LogP contribution in [0, 0.1) is 0 Å². The number of hydrogen-bond donors (Lipinski definition) is 1. The van der Waals surface area contributed by atoms with E-state index in [4.69, 9.17) is 30.5 Å². The van der Waals surface area contributed by atoms with Crippen molar-refractivity contribution in [2.75, 3.05) is 55.6 Å². The lowest BCUT2D eigenvalue weighted by molar-refractivity contribution is -0.140. The Kier molecular flexibility index (Phi) is 8.14. The minimum atomic E-state index is -0.899. The molecule has 0 aliphatic carbocycles. The molecule has 1 N–H and O–H groups in total. The molecule has 0 radical (unpaired) electrons. The van der Waals surface area contributed by atoms with Crippen molar-refractivity contribution < 1.29 is 33.6 Å². The number of carbonyl (C=O) groups is 2. The summed E-state index contributed by atoms with van der Waals surface area (Å²) in [6.45, 7) is 0.751. The third-order valence-corrected chi connectivity index (χ3v) is 6.05. The molecule has 0 spiro atoms. The number of aliphatic hydroxyl groups excluding tert-OH is 1. The van der Waals surface area contributed by atoms with Gasteiger partial charge in [-0.2, -0.15) is 0 Å². The van der Waals surface area contributed by atoms with Crippen LogP contribution in [0.2, 0.25) is 5.02 Å². The van der Waals surface area contributed by atoms with Gasteiger partial charge in [-0.3, -0.25) is 9.59 Å². The molecule has 1 atom stereocenters. The molecule has 1 saturated heterocycles. The number of nitrogens with zero attached hydrogens (tertiary/aromatic N) is 2. The highest BCUT2D eigenvalue weighted by Crippen LogP contribution is 2.45. The first-order valence-electron chi connectivity index (χ1n) is 10.7. The quantitative estimate of drug-likeness (QED) is 0.315. The molecule has 1 aliphatic heterocycles. The fraction of sp³-hybridized carbons (Fsp3) is 0.360. The summed E-state index contributed by atoms with van der Waals surface area (Å²) in [5.74, 6) is -0.375. The van der Waals surface area contributed by atoms with Gasteiger partial charge in [0, 0.05) is 18.7 Å². The first kappa shape index (κ1) is 26.2. The molecule has 2 aromatic rings. The molecule has 1 amide bonds. The summed E-state index contributed by atoms with van der Waals surface area (Å²) in [6, 6.07) is 7.05. The second-order valence-electron chi connectivity index (χ2n) is 8.10. The van der Waals surface area contributed by atoms with Crippen molar-refractivity contribution >= 4 is 29.1 Å². The molecule has 9 nitrogen and oxygen atoms in total. The maximum atomic E-state index is 13.2. The highest BCUT2D eigenvalue weighted by Gasteiger charge is 2.46. The van der Waals surface area contributed by atoms with E-state index in [1.165, 1.54) is 39.4 Å². The zero-order valence-electron chi connectivity index (χ0n) is 20.5. The van der Waals surface area contributed by atoms with E-state index >= 15 is 0 Å². The van der Waals surface area contributed by atoms with Crippen LogP contribution in [0.25, 0.3) is 5.76 Å². The smallest absolute Gasteiger partial charge is 0.295 e. The van der Waals surface area contributed by atoms with Gasteiger partial charge in [0.2, 0.25) is 5.75 Å². The Morgan fingerprint density at radius 3 is 2.06 bits per heavy atom. The number of amides is 1. The number of likely N-dealkylation sites (N-methyl/N-ethyl adjacent to an activating group) is 1. The number of Topliss-reactive ketones (excluding diaryl/α,β-unsaturated/α-hetero) is 1. The van der Waals surface area contributed by atoms with E-state index in [1.54, 1.807) is 24.3 Å². The Hall–Kier alpha value is -3.43. The van der Waals surface area contributed by atoms with Gasteiger partial charge in [0.25, 0.3) is 11.7 Å². The zero-order chi connectivity index (χ0) is 25.9. The van der Waals surface area contributed by atoms with Gasteiger partial charge in [-0.1, -0.05) is 11.6 Å². The van der Waals surface area contributed by atoms with Gasteiger partial charge in [-0.15, -0.1) is 0 Å². The predicted octanol–water partition coefficient (Wildman–Crippen LogP) is 3.36. The second-order valence-corrected chi connectivity index (χ2v) is 8.51. The number of ketones is 1. The second kappa shape index (κ2) is 10.9. The fourth-order valence-electron chi connectivity index (χ4n) is 3.99. The molecule has 188 valence electrons. The molecule has 1 heterocycles. The third-order valence-electron chi connectivity index (χ3n) is 5.76. The summed E-state index contributed by atoms with van der Waals surface area (Å²) in [7, 11) is 9.64. The van der Waals surface area contributed by atoms with Crippen LogP contribution in [0.4, 0.5) is 0 Å².